The highest BCUT2D eigenvalue weighted by Gasteiger charge is 2.10. The summed E-state index contributed by atoms with van der Waals surface area (Å²) in [5.41, 5.74) is 5.24. The molecule has 1 aliphatic rings. The van der Waals surface area contributed by atoms with Crippen LogP contribution in [-0.2, 0) is 17.8 Å². The van der Waals surface area contributed by atoms with E-state index in [1.807, 2.05) is 7.05 Å². The Balaban J connectivity index is 0.00000320. The Morgan fingerprint density at radius 1 is 1.00 bits per heavy atom. The number of ether oxygens (including phenoxy) is 1. The van der Waals surface area contributed by atoms with Gasteiger partial charge in [-0.15, -0.1) is 24.0 Å². The molecule has 1 atom stereocenters. The van der Waals surface area contributed by atoms with Gasteiger partial charge < -0.3 is 15.4 Å². The van der Waals surface area contributed by atoms with Crippen molar-refractivity contribution < 1.29 is 4.74 Å². The maximum absolute atomic E-state index is 5.42. The van der Waals surface area contributed by atoms with Crippen molar-refractivity contribution in [2.24, 2.45) is 4.99 Å². The zero-order valence-electron chi connectivity index (χ0n) is 18.4. The second-order valence-corrected chi connectivity index (χ2v) is 7.82. The van der Waals surface area contributed by atoms with Crippen LogP contribution >= 0.6 is 24.0 Å². The van der Waals surface area contributed by atoms with Crippen molar-refractivity contribution >= 4 is 29.9 Å². The van der Waals surface area contributed by atoms with Crippen LogP contribution in [0.3, 0.4) is 0 Å². The number of aliphatic imine (C=N–C) groups is 1. The fourth-order valence-electron chi connectivity index (χ4n) is 3.45. The molecule has 6 heteroatoms. The molecule has 0 aliphatic carbocycles. The van der Waals surface area contributed by atoms with Gasteiger partial charge >= 0.3 is 0 Å². The van der Waals surface area contributed by atoms with Crippen LogP contribution in [0.15, 0.2) is 53.5 Å². The third-order valence-corrected chi connectivity index (χ3v) is 5.44. The lowest BCUT2D eigenvalue weighted by Gasteiger charge is -2.26. The Bertz CT molecular complexity index is 771. The summed E-state index contributed by atoms with van der Waals surface area (Å²) in [5.74, 6) is 1.26. The summed E-state index contributed by atoms with van der Waals surface area (Å²) in [6.07, 6.45) is 0. The summed E-state index contributed by atoms with van der Waals surface area (Å²) in [4.78, 5) is 6.80. The first-order chi connectivity index (χ1) is 14.1. The molecule has 0 aromatic heterocycles. The molecule has 0 bridgehead atoms. The Kier molecular flexibility index (Phi) is 10.6. The fourth-order valence-corrected chi connectivity index (χ4v) is 3.45. The van der Waals surface area contributed by atoms with Crippen LogP contribution < -0.4 is 10.6 Å². The number of morpholine rings is 1. The number of nitrogens with one attached hydrogen (secondary N) is 2. The van der Waals surface area contributed by atoms with Crippen LogP contribution in [0.5, 0.6) is 0 Å². The van der Waals surface area contributed by atoms with E-state index in [4.69, 9.17) is 4.74 Å². The number of hydrogen-bond acceptors (Lipinski definition) is 3. The Morgan fingerprint density at radius 3 is 2.27 bits per heavy atom. The first-order valence-electron chi connectivity index (χ1n) is 10.5. The summed E-state index contributed by atoms with van der Waals surface area (Å²) in [6, 6.07) is 17.6. The van der Waals surface area contributed by atoms with E-state index in [-0.39, 0.29) is 24.0 Å². The van der Waals surface area contributed by atoms with Gasteiger partial charge in [-0.3, -0.25) is 9.89 Å². The molecule has 30 heavy (non-hydrogen) atoms. The summed E-state index contributed by atoms with van der Waals surface area (Å²) in [7, 11) is 1.82. The van der Waals surface area contributed by atoms with Gasteiger partial charge in [0.2, 0.25) is 0 Å². The maximum atomic E-state index is 5.42. The molecule has 2 aromatic rings. The standard InChI is InChI=1S/C24H34N4O.HI/c1-19-4-10-23(11-5-19)20(2)16-26-24(25-3)27-17-21-6-8-22(9-7-21)18-28-12-14-29-15-13-28;/h4-11,20H,12-18H2,1-3H3,(H2,25,26,27);1H. The van der Waals surface area contributed by atoms with E-state index in [0.717, 1.165) is 51.9 Å². The smallest absolute Gasteiger partial charge is 0.191 e. The molecular weight excluding hydrogens is 487 g/mol. The second-order valence-electron chi connectivity index (χ2n) is 7.82. The average Bonchev–Trinajstić information content (AvgIpc) is 2.76. The highest BCUT2D eigenvalue weighted by Crippen LogP contribution is 2.14. The van der Waals surface area contributed by atoms with Crippen molar-refractivity contribution in [3.63, 3.8) is 0 Å². The molecule has 0 saturated carbocycles. The molecule has 3 rings (SSSR count). The van der Waals surface area contributed by atoms with Crippen molar-refractivity contribution in [2.75, 3.05) is 39.9 Å². The van der Waals surface area contributed by atoms with Gasteiger partial charge in [-0.1, -0.05) is 61.0 Å². The monoisotopic (exact) mass is 522 g/mol. The number of rotatable bonds is 7. The van der Waals surface area contributed by atoms with E-state index < -0.39 is 0 Å². The van der Waals surface area contributed by atoms with Crippen molar-refractivity contribution in [3.8, 4) is 0 Å². The second kappa shape index (κ2) is 12.9. The fraction of sp³-hybridized carbons (Fsp3) is 0.458. The summed E-state index contributed by atoms with van der Waals surface area (Å²) in [6.45, 7) is 10.7. The van der Waals surface area contributed by atoms with E-state index in [9.17, 15) is 0 Å². The molecule has 1 unspecified atom stereocenters. The maximum Gasteiger partial charge on any atom is 0.191 e. The molecule has 0 spiro atoms. The minimum atomic E-state index is 0. The molecule has 0 radical (unpaired) electrons. The van der Waals surface area contributed by atoms with Gasteiger partial charge in [-0.05, 0) is 29.5 Å². The van der Waals surface area contributed by atoms with Gasteiger partial charge in [0.05, 0.1) is 13.2 Å². The van der Waals surface area contributed by atoms with Gasteiger partial charge in [0.15, 0.2) is 5.96 Å². The summed E-state index contributed by atoms with van der Waals surface area (Å²) >= 11 is 0. The zero-order valence-corrected chi connectivity index (χ0v) is 20.7. The van der Waals surface area contributed by atoms with Gasteiger partial charge in [-0.2, -0.15) is 0 Å². The van der Waals surface area contributed by atoms with Crippen LogP contribution in [-0.4, -0.2) is 50.8 Å². The summed E-state index contributed by atoms with van der Waals surface area (Å²) < 4.78 is 5.42. The lowest BCUT2D eigenvalue weighted by Crippen LogP contribution is -2.38. The number of nitrogens with zero attached hydrogens (tertiary/aromatic N) is 2. The lowest BCUT2D eigenvalue weighted by atomic mass is 10.0. The number of halogens is 1. The van der Waals surface area contributed by atoms with Crippen LogP contribution in [0.25, 0.3) is 0 Å². The molecule has 164 valence electrons. The molecule has 1 fully saturated rings. The van der Waals surface area contributed by atoms with E-state index in [1.54, 1.807) is 0 Å². The normalized spacial score (nSPS) is 15.9. The number of hydrogen-bond donors (Lipinski definition) is 2. The predicted octanol–water partition coefficient (Wildman–Crippen LogP) is 3.91. The Morgan fingerprint density at radius 2 is 1.63 bits per heavy atom. The zero-order chi connectivity index (χ0) is 20.5. The number of guanidine groups is 1. The van der Waals surface area contributed by atoms with Crippen LogP contribution in [0.2, 0.25) is 0 Å². The SMILES string of the molecule is CN=C(NCc1ccc(CN2CCOCC2)cc1)NCC(C)c1ccc(C)cc1.I. The number of benzene rings is 2. The molecular formula is C24H35IN4O. The molecule has 2 N–H and O–H groups in total. The minimum Gasteiger partial charge on any atom is -0.379 e. The van der Waals surface area contributed by atoms with Gasteiger partial charge in [0.1, 0.15) is 0 Å². The molecule has 5 nitrogen and oxygen atoms in total. The van der Waals surface area contributed by atoms with Crippen LogP contribution in [0, 0.1) is 6.92 Å². The van der Waals surface area contributed by atoms with Crippen LogP contribution in [0.1, 0.15) is 35.1 Å². The van der Waals surface area contributed by atoms with Crippen LogP contribution in [0.4, 0.5) is 0 Å². The highest BCUT2D eigenvalue weighted by molar-refractivity contribution is 14.0. The first-order valence-corrected chi connectivity index (χ1v) is 10.5. The lowest BCUT2D eigenvalue weighted by molar-refractivity contribution is 0.0342. The minimum absolute atomic E-state index is 0. The topological polar surface area (TPSA) is 48.9 Å². The highest BCUT2D eigenvalue weighted by atomic mass is 127. The van der Waals surface area contributed by atoms with Gasteiger partial charge in [0, 0.05) is 39.8 Å². The average molecular weight is 522 g/mol. The molecule has 1 heterocycles. The predicted molar refractivity (Wildman–Crippen MR) is 136 cm³/mol. The third-order valence-electron chi connectivity index (χ3n) is 5.44. The van der Waals surface area contributed by atoms with Crippen molar-refractivity contribution in [1.82, 2.24) is 15.5 Å². The third kappa shape index (κ3) is 7.89. The Hall–Kier alpha value is -1.64. The van der Waals surface area contributed by atoms with Crippen molar-refractivity contribution in [3.05, 3.63) is 70.8 Å². The van der Waals surface area contributed by atoms with Crippen molar-refractivity contribution in [2.45, 2.75) is 32.9 Å². The van der Waals surface area contributed by atoms with Crippen molar-refractivity contribution in [1.29, 1.82) is 0 Å². The van der Waals surface area contributed by atoms with E-state index in [0.29, 0.717) is 5.92 Å². The largest absolute Gasteiger partial charge is 0.379 e. The van der Waals surface area contributed by atoms with E-state index in [1.165, 1.54) is 22.3 Å². The van der Waals surface area contributed by atoms with Gasteiger partial charge in [-0.25, -0.2) is 0 Å². The molecule has 1 saturated heterocycles. The van der Waals surface area contributed by atoms with E-state index >= 15 is 0 Å². The molecule has 2 aromatic carbocycles. The molecule has 0 amide bonds. The summed E-state index contributed by atoms with van der Waals surface area (Å²) in [5, 5.41) is 6.85. The Labute approximate surface area is 198 Å². The quantitative estimate of drug-likeness (QED) is 0.329. The van der Waals surface area contributed by atoms with E-state index in [2.05, 4.69) is 82.9 Å². The molecule has 1 aliphatic heterocycles. The number of aryl methyl sites for hydroxylation is 1. The van der Waals surface area contributed by atoms with Gasteiger partial charge in [0.25, 0.3) is 0 Å². The first kappa shape index (κ1) is 24.6.